The first-order chi connectivity index (χ1) is 6.00. The molecule has 4 N–H and O–H groups in total. The zero-order valence-corrected chi connectivity index (χ0v) is 7.61. The predicted octanol–water partition coefficient (Wildman–Crippen LogP) is 1.75. The Kier molecular flexibility index (Phi) is 2.51. The Bertz CT molecular complexity index is 324. The fraction of sp³-hybridized carbons (Fsp3) is 0.222. The summed E-state index contributed by atoms with van der Waals surface area (Å²) in [6, 6.07) is 2.80. The van der Waals surface area contributed by atoms with E-state index < -0.39 is 0 Å². The van der Waals surface area contributed by atoms with E-state index in [1.165, 1.54) is 12.1 Å². The number of nitrogens with one attached hydrogen (secondary N) is 2. The highest BCUT2D eigenvalue weighted by molar-refractivity contribution is 5.91. The molecule has 1 aromatic carbocycles. The molecular formula is C9H12FN3. The molecule has 0 saturated heterocycles. The normalized spacial score (nSPS) is 9.77. The van der Waals surface area contributed by atoms with Crippen molar-refractivity contribution in [3.63, 3.8) is 0 Å². The van der Waals surface area contributed by atoms with Crippen molar-refractivity contribution >= 4 is 11.6 Å². The lowest BCUT2D eigenvalue weighted by Gasteiger charge is -2.10. The van der Waals surface area contributed by atoms with Gasteiger partial charge in [0, 0.05) is 5.69 Å². The minimum Gasteiger partial charge on any atom is -0.370 e. The Labute approximate surface area is 76.3 Å². The van der Waals surface area contributed by atoms with Gasteiger partial charge in [-0.3, -0.25) is 5.41 Å². The first-order valence-electron chi connectivity index (χ1n) is 3.88. The molecule has 0 aliphatic rings. The second-order valence-electron chi connectivity index (χ2n) is 2.95. The largest absolute Gasteiger partial charge is 0.370 e. The van der Waals surface area contributed by atoms with Gasteiger partial charge in [-0.2, -0.15) is 0 Å². The molecule has 13 heavy (non-hydrogen) atoms. The number of halogens is 1. The summed E-state index contributed by atoms with van der Waals surface area (Å²) in [6.45, 7) is 3.53. The lowest BCUT2D eigenvalue weighted by molar-refractivity contribution is 0.625. The van der Waals surface area contributed by atoms with Crippen molar-refractivity contribution < 1.29 is 4.39 Å². The molecule has 1 aromatic rings. The summed E-state index contributed by atoms with van der Waals surface area (Å²) in [5, 5.41) is 9.71. The molecule has 0 saturated carbocycles. The SMILES string of the molecule is Cc1cc(F)cc(C)c1NC(=N)N. The molecule has 0 heterocycles. The zero-order valence-electron chi connectivity index (χ0n) is 7.61. The number of nitrogens with two attached hydrogens (primary N) is 1. The third-order valence-electron chi connectivity index (χ3n) is 1.76. The van der Waals surface area contributed by atoms with Crippen LogP contribution in [0.5, 0.6) is 0 Å². The van der Waals surface area contributed by atoms with Gasteiger partial charge >= 0.3 is 0 Å². The Morgan fingerprint density at radius 1 is 1.38 bits per heavy atom. The molecular weight excluding hydrogens is 169 g/mol. The van der Waals surface area contributed by atoms with Crippen molar-refractivity contribution in [1.29, 1.82) is 5.41 Å². The topological polar surface area (TPSA) is 61.9 Å². The molecule has 0 unspecified atom stereocenters. The molecule has 0 radical (unpaired) electrons. The molecule has 0 bridgehead atoms. The number of anilines is 1. The molecule has 0 aromatic heterocycles. The van der Waals surface area contributed by atoms with Crippen LogP contribution >= 0.6 is 0 Å². The van der Waals surface area contributed by atoms with Crippen molar-refractivity contribution in [2.24, 2.45) is 5.73 Å². The third-order valence-corrected chi connectivity index (χ3v) is 1.76. The van der Waals surface area contributed by atoms with E-state index in [-0.39, 0.29) is 11.8 Å². The number of aryl methyl sites for hydroxylation is 2. The average Bonchev–Trinajstić information content (AvgIpc) is 1.96. The van der Waals surface area contributed by atoms with Gasteiger partial charge in [-0.05, 0) is 37.1 Å². The van der Waals surface area contributed by atoms with Crippen LogP contribution in [0.25, 0.3) is 0 Å². The highest BCUT2D eigenvalue weighted by atomic mass is 19.1. The van der Waals surface area contributed by atoms with E-state index in [4.69, 9.17) is 11.1 Å². The first-order valence-corrected chi connectivity index (χ1v) is 3.88. The smallest absolute Gasteiger partial charge is 0.190 e. The lowest BCUT2D eigenvalue weighted by Crippen LogP contribution is -2.21. The van der Waals surface area contributed by atoms with Crippen molar-refractivity contribution in [1.82, 2.24) is 0 Å². The summed E-state index contributed by atoms with van der Waals surface area (Å²) in [5.74, 6) is -0.415. The quantitative estimate of drug-likeness (QED) is 0.456. The standard InChI is InChI=1S/C9H12FN3/c1-5-3-7(10)4-6(2)8(5)13-9(11)12/h3-4H,1-2H3,(H4,11,12,13). The third kappa shape index (κ3) is 2.18. The van der Waals surface area contributed by atoms with Gasteiger partial charge in [0.05, 0.1) is 0 Å². The minimum absolute atomic E-state index is 0.141. The molecule has 0 amide bonds. The van der Waals surface area contributed by atoms with Gasteiger partial charge < -0.3 is 11.1 Å². The van der Waals surface area contributed by atoms with Gasteiger partial charge in [0.2, 0.25) is 0 Å². The predicted molar refractivity (Wildman–Crippen MR) is 51.4 cm³/mol. The van der Waals surface area contributed by atoms with Gasteiger partial charge in [-0.25, -0.2) is 4.39 Å². The summed E-state index contributed by atoms with van der Waals surface area (Å²) in [6.07, 6.45) is 0. The van der Waals surface area contributed by atoms with Crippen LogP contribution in [0, 0.1) is 25.1 Å². The highest BCUT2D eigenvalue weighted by Crippen LogP contribution is 2.20. The van der Waals surface area contributed by atoms with E-state index >= 15 is 0 Å². The van der Waals surface area contributed by atoms with E-state index in [1.807, 2.05) is 0 Å². The fourth-order valence-corrected chi connectivity index (χ4v) is 1.24. The number of benzene rings is 1. The number of guanidine groups is 1. The van der Waals surface area contributed by atoms with Gasteiger partial charge in [-0.15, -0.1) is 0 Å². The van der Waals surface area contributed by atoms with E-state index in [9.17, 15) is 4.39 Å². The van der Waals surface area contributed by atoms with Crippen molar-refractivity contribution in [3.05, 3.63) is 29.1 Å². The number of rotatable bonds is 1. The number of hydrogen-bond acceptors (Lipinski definition) is 1. The molecule has 0 fully saturated rings. The van der Waals surface area contributed by atoms with Crippen LogP contribution in [0.2, 0.25) is 0 Å². The fourth-order valence-electron chi connectivity index (χ4n) is 1.24. The summed E-state index contributed by atoms with van der Waals surface area (Å²) in [5.41, 5.74) is 7.37. The second-order valence-corrected chi connectivity index (χ2v) is 2.95. The van der Waals surface area contributed by atoms with Crippen molar-refractivity contribution in [3.8, 4) is 0 Å². The van der Waals surface area contributed by atoms with E-state index in [0.29, 0.717) is 5.69 Å². The molecule has 0 atom stereocenters. The highest BCUT2D eigenvalue weighted by Gasteiger charge is 2.04. The maximum absolute atomic E-state index is 12.8. The monoisotopic (exact) mass is 181 g/mol. The molecule has 0 spiro atoms. The Hall–Kier alpha value is -1.58. The molecule has 4 heteroatoms. The molecule has 1 rings (SSSR count). The maximum atomic E-state index is 12.8. The van der Waals surface area contributed by atoms with Crippen LogP contribution in [0.4, 0.5) is 10.1 Å². The average molecular weight is 181 g/mol. The molecule has 70 valence electrons. The second kappa shape index (κ2) is 3.43. The summed E-state index contributed by atoms with van der Waals surface area (Å²) in [7, 11) is 0. The van der Waals surface area contributed by atoms with Gasteiger partial charge in [0.25, 0.3) is 0 Å². The zero-order chi connectivity index (χ0) is 10.0. The van der Waals surface area contributed by atoms with Crippen LogP contribution in [0.1, 0.15) is 11.1 Å². The molecule has 0 aliphatic carbocycles. The lowest BCUT2D eigenvalue weighted by atomic mass is 10.1. The van der Waals surface area contributed by atoms with E-state index in [2.05, 4.69) is 5.32 Å². The van der Waals surface area contributed by atoms with Gasteiger partial charge in [0.15, 0.2) is 5.96 Å². The van der Waals surface area contributed by atoms with Crippen LogP contribution in [0.15, 0.2) is 12.1 Å². The maximum Gasteiger partial charge on any atom is 0.190 e. The van der Waals surface area contributed by atoms with E-state index in [0.717, 1.165) is 11.1 Å². The van der Waals surface area contributed by atoms with E-state index in [1.54, 1.807) is 13.8 Å². The van der Waals surface area contributed by atoms with Crippen LogP contribution < -0.4 is 11.1 Å². The first kappa shape index (κ1) is 9.51. The Morgan fingerprint density at radius 2 is 1.85 bits per heavy atom. The van der Waals surface area contributed by atoms with Crippen molar-refractivity contribution in [2.45, 2.75) is 13.8 Å². The summed E-state index contributed by atoms with van der Waals surface area (Å²) >= 11 is 0. The summed E-state index contributed by atoms with van der Waals surface area (Å²) < 4.78 is 12.8. The van der Waals surface area contributed by atoms with Gasteiger partial charge in [-0.1, -0.05) is 0 Å². The van der Waals surface area contributed by atoms with Gasteiger partial charge in [0.1, 0.15) is 5.82 Å². The molecule has 3 nitrogen and oxygen atoms in total. The van der Waals surface area contributed by atoms with Crippen LogP contribution in [0.3, 0.4) is 0 Å². The molecule has 0 aliphatic heterocycles. The minimum atomic E-state index is -0.274. The summed E-state index contributed by atoms with van der Waals surface area (Å²) in [4.78, 5) is 0. The Balaban J connectivity index is 3.13. The van der Waals surface area contributed by atoms with Crippen molar-refractivity contribution in [2.75, 3.05) is 5.32 Å². The Morgan fingerprint density at radius 3 is 2.23 bits per heavy atom. The number of hydrogen-bond donors (Lipinski definition) is 3. The van der Waals surface area contributed by atoms with Crippen LogP contribution in [-0.2, 0) is 0 Å². The van der Waals surface area contributed by atoms with Crippen LogP contribution in [-0.4, -0.2) is 5.96 Å².